The molecule has 1 aromatic rings. The zero-order valence-corrected chi connectivity index (χ0v) is 9.34. The monoisotopic (exact) mass is 196 g/mol. The molecule has 0 saturated carbocycles. The summed E-state index contributed by atoms with van der Waals surface area (Å²) < 4.78 is 5.09. The second kappa shape index (κ2) is 5.81. The molecule has 0 aromatic carbocycles. The molecule has 3 nitrogen and oxygen atoms in total. The van der Waals surface area contributed by atoms with Gasteiger partial charge in [0.05, 0.1) is 12.2 Å². The number of rotatable bonds is 6. The molecule has 0 bridgehead atoms. The van der Waals surface area contributed by atoms with Crippen molar-refractivity contribution >= 4 is 0 Å². The molecule has 1 atom stereocenters. The Hall–Kier alpha value is -0.830. The normalized spacial score (nSPS) is 13.1. The molecule has 0 saturated heterocycles. The van der Waals surface area contributed by atoms with E-state index >= 15 is 0 Å². The second-order valence-corrected chi connectivity index (χ2v) is 3.96. The fraction of sp³-hybridized carbons (Fsp3) is 0.727. The van der Waals surface area contributed by atoms with Gasteiger partial charge < -0.3 is 9.84 Å². The van der Waals surface area contributed by atoms with Crippen molar-refractivity contribution < 1.29 is 4.52 Å². The predicted molar refractivity (Wildman–Crippen MR) is 57.0 cm³/mol. The SMILES string of the molecule is CCCC(C)CNCc1cc(C)no1. The Morgan fingerprint density at radius 3 is 2.93 bits per heavy atom. The Morgan fingerprint density at radius 2 is 2.36 bits per heavy atom. The Labute approximate surface area is 85.9 Å². The van der Waals surface area contributed by atoms with Crippen LogP contribution >= 0.6 is 0 Å². The van der Waals surface area contributed by atoms with Crippen LogP contribution in [0.25, 0.3) is 0 Å². The summed E-state index contributed by atoms with van der Waals surface area (Å²) in [5, 5.41) is 7.20. The third-order valence-corrected chi connectivity index (χ3v) is 2.25. The van der Waals surface area contributed by atoms with Gasteiger partial charge in [-0.1, -0.05) is 25.4 Å². The molecule has 80 valence electrons. The minimum atomic E-state index is 0.740. The zero-order chi connectivity index (χ0) is 10.4. The van der Waals surface area contributed by atoms with Gasteiger partial charge in [0.15, 0.2) is 5.76 Å². The van der Waals surface area contributed by atoms with E-state index in [1.54, 1.807) is 0 Å². The van der Waals surface area contributed by atoms with Crippen LogP contribution in [0.4, 0.5) is 0 Å². The number of aryl methyl sites for hydroxylation is 1. The fourth-order valence-corrected chi connectivity index (χ4v) is 1.54. The topological polar surface area (TPSA) is 38.1 Å². The van der Waals surface area contributed by atoms with E-state index in [1.165, 1.54) is 12.8 Å². The first-order chi connectivity index (χ1) is 6.72. The fourth-order valence-electron chi connectivity index (χ4n) is 1.54. The minimum Gasteiger partial charge on any atom is -0.360 e. The Kier molecular flexibility index (Phi) is 4.66. The van der Waals surface area contributed by atoms with E-state index in [0.29, 0.717) is 0 Å². The van der Waals surface area contributed by atoms with Gasteiger partial charge >= 0.3 is 0 Å². The van der Waals surface area contributed by atoms with Gasteiger partial charge in [0.2, 0.25) is 0 Å². The van der Waals surface area contributed by atoms with E-state index in [1.807, 2.05) is 13.0 Å². The van der Waals surface area contributed by atoms with E-state index in [-0.39, 0.29) is 0 Å². The molecular formula is C11H20N2O. The van der Waals surface area contributed by atoms with Crippen molar-refractivity contribution in [2.45, 2.75) is 40.2 Å². The number of aromatic nitrogens is 1. The molecule has 0 aliphatic rings. The number of nitrogens with zero attached hydrogens (tertiary/aromatic N) is 1. The van der Waals surface area contributed by atoms with Crippen molar-refractivity contribution in [1.29, 1.82) is 0 Å². The standard InChI is InChI=1S/C11H20N2O/c1-4-5-9(2)7-12-8-11-6-10(3)13-14-11/h6,9,12H,4-5,7-8H2,1-3H3. The molecular weight excluding hydrogens is 176 g/mol. The molecule has 1 aromatic heterocycles. The molecule has 0 spiro atoms. The molecule has 0 fully saturated rings. The van der Waals surface area contributed by atoms with Gasteiger partial charge in [0.25, 0.3) is 0 Å². The summed E-state index contributed by atoms with van der Waals surface area (Å²) in [7, 11) is 0. The second-order valence-electron chi connectivity index (χ2n) is 3.96. The van der Waals surface area contributed by atoms with Crippen LogP contribution in [0.15, 0.2) is 10.6 Å². The van der Waals surface area contributed by atoms with Crippen molar-refractivity contribution in [2.24, 2.45) is 5.92 Å². The summed E-state index contributed by atoms with van der Waals surface area (Å²) in [4.78, 5) is 0. The highest BCUT2D eigenvalue weighted by Crippen LogP contribution is 2.04. The maximum Gasteiger partial charge on any atom is 0.150 e. The van der Waals surface area contributed by atoms with Gasteiger partial charge in [-0.25, -0.2) is 0 Å². The molecule has 1 N–H and O–H groups in total. The molecule has 0 aliphatic heterocycles. The van der Waals surface area contributed by atoms with Crippen LogP contribution in [0.5, 0.6) is 0 Å². The molecule has 0 radical (unpaired) electrons. The zero-order valence-electron chi connectivity index (χ0n) is 9.34. The van der Waals surface area contributed by atoms with Crippen LogP contribution in [0.3, 0.4) is 0 Å². The van der Waals surface area contributed by atoms with Gasteiger partial charge in [-0.05, 0) is 25.8 Å². The van der Waals surface area contributed by atoms with Crippen LogP contribution in [-0.4, -0.2) is 11.7 Å². The van der Waals surface area contributed by atoms with Crippen molar-refractivity contribution in [3.05, 3.63) is 17.5 Å². The lowest BCUT2D eigenvalue weighted by molar-refractivity contribution is 0.362. The van der Waals surface area contributed by atoms with E-state index in [2.05, 4.69) is 24.3 Å². The predicted octanol–water partition coefficient (Wildman–Crippen LogP) is 2.51. The Bertz CT molecular complexity index is 258. The van der Waals surface area contributed by atoms with E-state index in [0.717, 1.165) is 30.5 Å². The van der Waals surface area contributed by atoms with Crippen LogP contribution < -0.4 is 5.32 Å². The highest BCUT2D eigenvalue weighted by Gasteiger charge is 2.02. The molecule has 3 heteroatoms. The highest BCUT2D eigenvalue weighted by atomic mass is 16.5. The lowest BCUT2D eigenvalue weighted by Crippen LogP contribution is -2.20. The summed E-state index contributed by atoms with van der Waals surface area (Å²) >= 11 is 0. The third-order valence-electron chi connectivity index (χ3n) is 2.25. The Morgan fingerprint density at radius 1 is 1.57 bits per heavy atom. The minimum absolute atomic E-state index is 0.740. The summed E-state index contributed by atoms with van der Waals surface area (Å²) in [5.74, 6) is 1.66. The van der Waals surface area contributed by atoms with E-state index in [4.69, 9.17) is 4.52 Å². The summed E-state index contributed by atoms with van der Waals surface area (Å²) in [6.07, 6.45) is 2.53. The van der Waals surface area contributed by atoms with Gasteiger partial charge in [-0.15, -0.1) is 0 Å². The Balaban J connectivity index is 2.15. The van der Waals surface area contributed by atoms with Crippen molar-refractivity contribution in [3.63, 3.8) is 0 Å². The molecule has 1 heterocycles. The molecule has 1 unspecified atom stereocenters. The first-order valence-corrected chi connectivity index (χ1v) is 5.35. The summed E-state index contributed by atoms with van der Waals surface area (Å²) in [6, 6.07) is 1.97. The van der Waals surface area contributed by atoms with Crippen molar-refractivity contribution in [1.82, 2.24) is 10.5 Å². The van der Waals surface area contributed by atoms with Crippen LogP contribution in [-0.2, 0) is 6.54 Å². The summed E-state index contributed by atoms with van der Waals surface area (Å²) in [6.45, 7) is 8.26. The largest absolute Gasteiger partial charge is 0.360 e. The third kappa shape index (κ3) is 3.92. The number of hydrogen-bond donors (Lipinski definition) is 1. The molecule has 0 aliphatic carbocycles. The van der Waals surface area contributed by atoms with Gasteiger partial charge in [0, 0.05) is 6.07 Å². The van der Waals surface area contributed by atoms with Crippen LogP contribution in [0, 0.1) is 12.8 Å². The lowest BCUT2D eigenvalue weighted by atomic mass is 10.1. The first-order valence-electron chi connectivity index (χ1n) is 5.35. The smallest absolute Gasteiger partial charge is 0.150 e. The number of nitrogens with one attached hydrogen (secondary N) is 1. The average molecular weight is 196 g/mol. The van der Waals surface area contributed by atoms with E-state index < -0.39 is 0 Å². The molecule has 1 rings (SSSR count). The van der Waals surface area contributed by atoms with Gasteiger partial charge in [0.1, 0.15) is 0 Å². The maximum absolute atomic E-state index is 5.09. The first kappa shape index (κ1) is 11.2. The molecule has 0 amide bonds. The van der Waals surface area contributed by atoms with Crippen LogP contribution in [0.1, 0.15) is 38.1 Å². The van der Waals surface area contributed by atoms with Gasteiger partial charge in [-0.3, -0.25) is 0 Å². The van der Waals surface area contributed by atoms with Crippen molar-refractivity contribution in [2.75, 3.05) is 6.54 Å². The average Bonchev–Trinajstić information content (AvgIpc) is 2.52. The van der Waals surface area contributed by atoms with Gasteiger partial charge in [-0.2, -0.15) is 0 Å². The lowest BCUT2D eigenvalue weighted by Gasteiger charge is -2.09. The van der Waals surface area contributed by atoms with Crippen LogP contribution in [0.2, 0.25) is 0 Å². The quantitative estimate of drug-likeness (QED) is 0.759. The maximum atomic E-state index is 5.09. The summed E-state index contributed by atoms with van der Waals surface area (Å²) in [5.41, 5.74) is 0.948. The van der Waals surface area contributed by atoms with E-state index in [9.17, 15) is 0 Å². The highest BCUT2D eigenvalue weighted by molar-refractivity contribution is 5.02. The number of hydrogen-bond acceptors (Lipinski definition) is 3. The van der Waals surface area contributed by atoms with Crippen molar-refractivity contribution in [3.8, 4) is 0 Å². The molecule has 14 heavy (non-hydrogen) atoms.